The number of aliphatic hydroxyl groups is 2. The monoisotopic (exact) mass is 465 g/mol. The van der Waals surface area contributed by atoms with Crippen molar-refractivity contribution in [3.8, 4) is 0 Å². The molecule has 2 amide bonds. The van der Waals surface area contributed by atoms with Gasteiger partial charge < -0.3 is 20.8 Å². The fourth-order valence-corrected chi connectivity index (χ4v) is 5.66. The zero-order valence-corrected chi connectivity index (χ0v) is 19.6. The van der Waals surface area contributed by atoms with Gasteiger partial charge in [0.05, 0.1) is 6.61 Å². The van der Waals surface area contributed by atoms with E-state index in [2.05, 4.69) is 11.0 Å². The number of benzene rings is 2. The summed E-state index contributed by atoms with van der Waals surface area (Å²) in [5, 5.41) is 19.2. The van der Waals surface area contributed by atoms with Crippen LogP contribution in [0, 0.1) is 0 Å². The number of primary amides is 1. The summed E-state index contributed by atoms with van der Waals surface area (Å²) < 4.78 is 0. The lowest BCUT2D eigenvalue weighted by molar-refractivity contribution is -0.142. The van der Waals surface area contributed by atoms with E-state index in [-0.39, 0.29) is 5.91 Å². The Labute approximate surface area is 201 Å². The summed E-state index contributed by atoms with van der Waals surface area (Å²) in [5.41, 5.74) is 8.24. The van der Waals surface area contributed by atoms with Gasteiger partial charge in [0.15, 0.2) is 6.10 Å². The molecule has 7 heteroatoms. The Kier molecular flexibility index (Phi) is 7.98. The number of rotatable bonds is 10. The van der Waals surface area contributed by atoms with Crippen molar-refractivity contribution in [1.82, 2.24) is 9.80 Å². The standard InChI is InChI=1S/C27H35N3O4/c28-26(33)21-9-4-8-20(14-21)22-15-23-10-11-24(16-22)30(23)13-5-12-29(27(34)25(32)18-31)17-19-6-2-1-3-7-19/h1-4,6-9,14,22-25,31-32H,5,10-13,15-18H2,(H2,28,33)/t22-,23+,24-,25-/m0/s1. The topological polar surface area (TPSA) is 107 Å². The molecule has 182 valence electrons. The van der Waals surface area contributed by atoms with Crippen LogP contribution in [0.5, 0.6) is 0 Å². The molecule has 0 radical (unpaired) electrons. The normalized spacial score (nSPS) is 22.9. The van der Waals surface area contributed by atoms with Gasteiger partial charge in [0.25, 0.3) is 5.91 Å². The highest BCUT2D eigenvalue weighted by molar-refractivity contribution is 5.92. The fourth-order valence-electron chi connectivity index (χ4n) is 5.66. The quantitative estimate of drug-likeness (QED) is 0.499. The summed E-state index contributed by atoms with van der Waals surface area (Å²) in [6, 6.07) is 18.5. The number of carbonyl (C=O) groups excluding carboxylic acids is 2. The molecule has 2 bridgehead atoms. The van der Waals surface area contributed by atoms with Gasteiger partial charge in [-0.15, -0.1) is 0 Å². The zero-order valence-electron chi connectivity index (χ0n) is 19.6. The van der Waals surface area contributed by atoms with Crippen molar-refractivity contribution in [2.24, 2.45) is 5.73 Å². The first-order valence-corrected chi connectivity index (χ1v) is 12.2. The summed E-state index contributed by atoms with van der Waals surface area (Å²) in [5.74, 6) is -0.380. The maximum absolute atomic E-state index is 12.6. The molecule has 2 fully saturated rings. The number of carbonyl (C=O) groups is 2. The van der Waals surface area contributed by atoms with E-state index >= 15 is 0 Å². The Morgan fingerprint density at radius 1 is 1.06 bits per heavy atom. The molecule has 2 aliphatic rings. The van der Waals surface area contributed by atoms with Gasteiger partial charge >= 0.3 is 0 Å². The van der Waals surface area contributed by atoms with Gasteiger partial charge in [-0.05, 0) is 61.3 Å². The maximum atomic E-state index is 12.6. The van der Waals surface area contributed by atoms with Crippen LogP contribution in [0.15, 0.2) is 54.6 Å². The third kappa shape index (κ3) is 5.66. The number of hydrogen-bond donors (Lipinski definition) is 3. The molecule has 0 aromatic heterocycles. The van der Waals surface area contributed by atoms with Crippen LogP contribution < -0.4 is 5.73 Å². The van der Waals surface area contributed by atoms with Crippen molar-refractivity contribution in [2.75, 3.05) is 19.7 Å². The van der Waals surface area contributed by atoms with E-state index < -0.39 is 18.6 Å². The Bertz CT molecular complexity index is 969. The minimum Gasteiger partial charge on any atom is -0.393 e. The lowest BCUT2D eigenvalue weighted by atomic mass is 9.84. The largest absolute Gasteiger partial charge is 0.393 e. The molecule has 7 nitrogen and oxygen atoms in total. The van der Waals surface area contributed by atoms with Crippen LogP contribution in [-0.2, 0) is 11.3 Å². The molecule has 0 unspecified atom stereocenters. The molecule has 2 aromatic rings. The predicted octanol–water partition coefficient (Wildman–Crippen LogP) is 2.27. The second-order valence-electron chi connectivity index (χ2n) is 9.58. The lowest BCUT2D eigenvalue weighted by Crippen LogP contribution is -2.45. The van der Waals surface area contributed by atoms with Gasteiger partial charge in [-0.3, -0.25) is 14.5 Å². The van der Waals surface area contributed by atoms with E-state index in [4.69, 9.17) is 5.73 Å². The fraction of sp³-hybridized carbons (Fsp3) is 0.481. The molecule has 4 N–H and O–H groups in total. The Balaban J connectivity index is 1.35. The van der Waals surface area contributed by atoms with Crippen LogP contribution in [0.4, 0.5) is 0 Å². The first-order chi connectivity index (χ1) is 16.5. The molecule has 2 heterocycles. The highest BCUT2D eigenvalue weighted by Crippen LogP contribution is 2.43. The molecule has 0 saturated carbocycles. The Hall–Kier alpha value is -2.74. The Morgan fingerprint density at radius 2 is 1.76 bits per heavy atom. The maximum Gasteiger partial charge on any atom is 0.254 e. The number of amides is 2. The number of piperidine rings is 1. The lowest BCUT2D eigenvalue weighted by Gasteiger charge is -2.39. The highest BCUT2D eigenvalue weighted by Gasteiger charge is 2.40. The summed E-state index contributed by atoms with van der Waals surface area (Å²) in [6.45, 7) is 1.28. The Morgan fingerprint density at radius 3 is 2.41 bits per heavy atom. The smallest absolute Gasteiger partial charge is 0.254 e. The van der Waals surface area contributed by atoms with Crippen molar-refractivity contribution in [2.45, 2.75) is 62.8 Å². The first-order valence-electron chi connectivity index (χ1n) is 12.2. The van der Waals surface area contributed by atoms with E-state index in [1.54, 1.807) is 11.0 Å². The second kappa shape index (κ2) is 11.1. The summed E-state index contributed by atoms with van der Waals surface area (Å²) in [6.07, 6.45) is 3.90. The second-order valence-corrected chi connectivity index (χ2v) is 9.58. The predicted molar refractivity (Wildman–Crippen MR) is 130 cm³/mol. The van der Waals surface area contributed by atoms with E-state index in [0.29, 0.717) is 36.7 Å². The number of nitrogens with two attached hydrogens (primary N) is 1. The van der Waals surface area contributed by atoms with Crippen LogP contribution >= 0.6 is 0 Å². The summed E-state index contributed by atoms with van der Waals surface area (Å²) in [4.78, 5) is 28.5. The molecule has 4 atom stereocenters. The van der Waals surface area contributed by atoms with E-state index in [0.717, 1.165) is 31.4 Å². The number of nitrogens with zero attached hydrogens (tertiary/aromatic N) is 2. The van der Waals surface area contributed by atoms with E-state index in [1.807, 2.05) is 42.5 Å². The first kappa shape index (κ1) is 24.4. The third-order valence-electron chi connectivity index (χ3n) is 7.36. The van der Waals surface area contributed by atoms with Gasteiger partial charge in [0.1, 0.15) is 0 Å². The van der Waals surface area contributed by atoms with Crippen molar-refractivity contribution in [1.29, 1.82) is 0 Å². The van der Waals surface area contributed by atoms with Crippen molar-refractivity contribution < 1.29 is 19.8 Å². The molecule has 4 rings (SSSR count). The van der Waals surface area contributed by atoms with Gasteiger partial charge in [-0.1, -0.05) is 42.5 Å². The van der Waals surface area contributed by atoms with Crippen LogP contribution in [0.3, 0.4) is 0 Å². The molecular formula is C27H35N3O4. The molecule has 0 spiro atoms. The van der Waals surface area contributed by atoms with Crippen LogP contribution in [0.2, 0.25) is 0 Å². The van der Waals surface area contributed by atoms with Crippen molar-refractivity contribution in [3.63, 3.8) is 0 Å². The SMILES string of the molecule is NC(=O)c1cccc([C@H]2C[C@H]3CC[C@@H](C2)N3CCCN(Cc2ccccc2)C(=O)[C@@H](O)CO)c1. The highest BCUT2D eigenvalue weighted by atomic mass is 16.3. The van der Waals surface area contributed by atoms with Gasteiger partial charge in [-0.25, -0.2) is 0 Å². The van der Waals surface area contributed by atoms with Gasteiger partial charge in [0, 0.05) is 37.3 Å². The summed E-state index contributed by atoms with van der Waals surface area (Å²) in [7, 11) is 0. The van der Waals surface area contributed by atoms with Crippen LogP contribution in [0.1, 0.15) is 59.5 Å². The average molecular weight is 466 g/mol. The van der Waals surface area contributed by atoms with Crippen molar-refractivity contribution >= 4 is 11.8 Å². The van der Waals surface area contributed by atoms with E-state index in [9.17, 15) is 19.8 Å². The van der Waals surface area contributed by atoms with Gasteiger partial charge in [-0.2, -0.15) is 0 Å². The van der Waals surface area contributed by atoms with Crippen molar-refractivity contribution in [3.05, 3.63) is 71.3 Å². The minimum atomic E-state index is -1.38. The number of hydrogen-bond acceptors (Lipinski definition) is 5. The zero-order chi connectivity index (χ0) is 24.1. The summed E-state index contributed by atoms with van der Waals surface area (Å²) >= 11 is 0. The molecule has 34 heavy (non-hydrogen) atoms. The van der Waals surface area contributed by atoms with Crippen LogP contribution in [-0.4, -0.2) is 69.7 Å². The average Bonchev–Trinajstić information content (AvgIpc) is 3.09. The number of fused-ring (bicyclic) bond motifs is 2. The minimum absolute atomic E-state index is 0.386. The molecular weight excluding hydrogens is 430 g/mol. The van der Waals surface area contributed by atoms with Gasteiger partial charge in [0.2, 0.25) is 5.91 Å². The third-order valence-corrected chi connectivity index (χ3v) is 7.36. The molecule has 2 aromatic carbocycles. The van der Waals surface area contributed by atoms with Crippen LogP contribution in [0.25, 0.3) is 0 Å². The molecule has 0 aliphatic carbocycles. The molecule has 2 aliphatic heterocycles. The number of aliphatic hydroxyl groups excluding tert-OH is 2. The van der Waals surface area contributed by atoms with E-state index in [1.165, 1.54) is 18.4 Å². The molecule has 2 saturated heterocycles.